The first-order chi connectivity index (χ1) is 10.7. The van der Waals surface area contributed by atoms with Crippen molar-refractivity contribution in [3.05, 3.63) is 48.3 Å². The summed E-state index contributed by atoms with van der Waals surface area (Å²) in [6.45, 7) is 1.88. The zero-order chi connectivity index (χ0) is 15.5. The molecule has 3 aromatic rings. The number of para-hydroxylation sites is 1. The van der Waals surface area contributed by atoms with Gasteiger partial charge in [-0.1, -0.05) is 12.1 Å². The number of rotatable bonds is 4. The second-order valence-corrected chi connectivity index (χ2v) is 4.83. The second kappa shape index (κ2) is 5.89. The Morgan fingerprint density at radius 1 is 0.909 bits per heavy atom. The van der Waals surface area contributed by atoms with Crippen LogP contribution in [0.1, 0.15) is 5.82 Å². The number of methoxy groups -OCH3 is 2. The highest BCUT2D eigenvalue weighted by atomic mass is 16.5. The van der Waals surface area contributed by atoms with Crippen LogP contribution < -0.4 is 14.8 Å². The summed E-state index contributed by atoms with van der Waals surface area (Å²) in [4.78, 5) is 8.94. The minimum atomic E-state index is 0.669. The molecule has 0 aliphatic heterocycles. The fourth-order valence-electron chi connectivity index (χ4n) is 2.34. The average Bonchev–Trinajstić information content (AvgIpc) is 2.54. The fraction of sp³-hybridized carbons (Fsp3) is 0.176. The highest BCUT2D eigenvalue weighted by molar-refractivity contribution is 5.90. The molecule has 0 bridgehead atoms. The third-order valence-electron chi connectivity index (χ3n) is 3.36. The van der Waals surface area contributed by atoms with E-state index in [0.29, 0.717) is 11.5 Å². The van der Waals surface area contributed by atoms with E-state index in [1.54, 1.807) is 14.2 Å². The number of benzene rings is 2. The maximum absolute atomic E-state index is 5.33. The minimum absolute atomic E-state index is 0.669. The Hall–Kier alpha value is -2.82. The van der Waals surface area contributed by atoms with Crippen molar-refractivity contribution in [2.75, 3.05) is 19.5 Å². The van der Waals surface area contributed by atoms with Crippen LogP contribution in [0.3, 0.4) is 0 Å². The second-order valence-electron chi connectivity index (χ2n) is 4.83. The van der Waals surface area contributed by atoms with Crippen molar-refractivity contribution >= 4 is 22.4 Å². The summed E-state index contributed by atoms with van der Waals surface area (Å²) in [6.07, 6.45) is 0. The zero-order valence-corrected chi connectivity index (χ0v) is 12.8. The fourth-order valence-corrected chi connectivity index (χ4v) is 2.34. The van der Waals surface area contributed by atoms with Crippen LogP contribution in [-0.2, 0) is 0 Å². The Balaban J connectivity index is 2.03. The Bertz CT molecular complexity index is 818. The van der Waals surface area contributed by atoms with Crippen molar-refractivity contribution in [2.24, 2.45) is 0 Å². The predicted molar refractivity (Wildman–Crippen MR) is 87.1 cm³/mol. The summed E-state index contributed by atoms with van der Waals surface area (Å²) in [7, 11) is 3.23. The first kappa shape index (κ1) is 14.1. The summed E-state index contributed by atoms with van der Waals surface area (Å²) < 4.78 is 10.6. The number of hydrogen-bond acceptors (Lipinski definition) is 5. The van der Waals surface area contributed by atoms with E-state index < -0.39 is 0 Å². The number of hydrogen-bond donors (Lipinski definition) is 1. The van der Waals surface area contributed by atoms with Crippen molar-refractivity contribution in [3.63, 3.8) is 0 Å². The van der Waals surface area contributed by atoms with Crippen molar-refractivity contribution < 1.29 is 9.47 Å². The molecule has 1 aromatic heterocycles. The van der Waals surface area contributed by atoms with Gasteiger partial charge in [0, 0.05) is 17.1 Å². The number of aromatic nitrogens is 2. The Labute approximate surface area is 128 Å². The molecule has 0 unspecified atom stereocenters. The smallest absolute Gasteiger partial charge is 0.162 e. The first-order valence-corrected chi connectivity index (χ1v) is 6.93. The molecule has 0 spiro atoms. The maximum Gasteiger partial charge on any atom is 0.162 e. The van der Waals surface area contributed by atoms with Crippen LogP contribution in [0.15, 0.2) is 42.5 Å². The lowest BCUT2D eigenvalue weighted by Crippen LogP contribution is -1.99. The van der Waals surface area contributed by atoms with Gasteiger partial charge >= 0.3 is 0 Å². The van der Waals surface area contributed by atoms with Gasteiger partial charge in [-0.25, -0.2) is 9.97 Å². The first-order valence-electron chi connectivity index (χ1n) is 6.93. The normalized spacial score (nSPS) is 10.5. The Morgan fingerprint density at radius 2 is 1.68 bits per heavy atom. The lowest BCUT2D eigenvalue weighted by atomic mass is 10.2. The van der Waals surface area contributed by atoms with Crippen LogP contribution in [0.25, 0.3) is 10.9 Å². The number of nitrogens with zero attached hydrogens (tertiary/aromatic N) is 2. The highest BCUT2D eigenvalue weighted by Gasteiger charge is 2.08. The van der Waals surface area contributed by atoms with E-state index in [0.717, 1.165) is 28.2 Å². The average molecular weight is 295 g/mol. The van der Waals surface area contributed by atoms with E-state index in [1.807, 2.05) is 49.4 Å². The van der Waals surface area contributed by atoms with Gasteiger partial charge in [0.1, 0.15) is 11.6 Å². The zero-order valence-electron chi connectivity index (χ0n) is 12.8. The molecule has 0 atom stereocenters. The summed E-state index contributed by atoms with van der Waals surface area (Å²) in [5, 5.41) is 4.30. The van der Waals surface area contributed by atoms with E-state index in [2.05, 4.69) is 15.3 Å². The molecule has 1 N–H and O–H groups in total. The molecule has 0 radical (unpaired) electrons. The highest BCUT2D eigenvalue weighted by Crippen LogP contribution is 2.32. The molecular formula is C17H17N3O2. The van der Waals surface area contributed by atoms with Crippen LogP contribution in [0.4, 0.5) is 11.5 Å². The molecule has 0 aliphatic rings. The lowest BCUT2D eigenvalue weighted by molar-refractivity contribution is 0.355. The predicted octanol–water partition coefficient (Wildman–Crippen LogP) is 3.70. The van der Waals surface area contributed by atoms with Crippen LogP contribution >= 0.6 is 0 Å². The molecule has 3 rings (SSSR count). The number of aryl methyl sites for hydroxylation is 1. The molecule has 0 aliphatic carbocycles. The molecule has 22 heavy (non-hydrogen) atoms. The van der Waals surface area contributed by atoms with Crippen LogP contribution in [0.2, 0.25) is 0 Å². The van der Waals surface area contributed by atoms with E-state index >= 15 is 0 Å². The minimum Gasteiger partial charge on any atom is -0.493 e. The van der Waals surface area contributed by atoms with Crippen molar-refractivity contribution in [1.82, 2.24) is 9.97 Å². The van der Waals surface area contributed by atoms with Gasteiger partial charge in [0.25, 0.3) is 0 Å². The van der Waals surface area contributed by atoms with Gasteiger partial charge in [-0.3, -0.25) is 0 Å². The van der Waals surface area contributed by atoms with E-state index in [9.17, 15) is 0 Å². The van der Waals surface area contributed by atoms with Gasteiger partial charge in [-0.15, -0.1) is 0 Å². The van der Waals surface area contributed by atoms with Gasteiger partial charge in [0.2, 0.25) is 0 Å². The number of anilines is 2. The molecule has 0 saturated carbocycles. The molecule has 0 saturated heterocycles. The van der Waals surface area contributed by atoms with Crippen molar-refractivity contribution in [2.45, 2.75) is 6.92 Å². The molecule has 5 nitrogen and oxygen atoms in total. The summed E-state index contributed by atoms with van der Waals surface area (Å²) >= 11 is 0. The Kier molecular flexibility index (Phi) is 3.78. The lowest BCUT2D eigenvalue weighted by Gasteiger charge is -2.12. The molecule has 5 heteroatoms. The molecule has 2 aromatic carbocycles. The van der Waals surface area contributed by atoms with E-state index in [1.165, 1.54) is 0 Å². The van der Waals surface area contributed by atoms with E-state index in [-0.39, 0.29) is 0 Å². The topological polar surface area (TPSA) is 56.3 Å². The molecule has 1 heterocycles. The summed E-state index contributed by atoms with van der Waals surface area (Å²) in [5.74, 6) is 2.86. The van der Waals surface area contributed by atoms with Crippen LogP contribution in [0.5, 0.6) is 11.5 Å². The number of fused-ring (bicyclic) bond motifs is 1. The maximum atomic E-state index is 5.33. The quantitative estimate of drug-likeness (QED) is 0.795. The molecule has 0 amide bonds. The van der Waals surface area contributed by atoms with Gasteiger partial charge in [-0.05, 0) is 31.2 Å². The van der Waals surface area contributed by atoms with Crippen molar-refractivity contribution in [1.29, 1.82) is 0 Å². The van der Waals surface area contributed by atoms with E-state index in [4.69, 9.17) is 9.47 Å². The number of ether oxygens (including phenoxy) is 2. The van der Waals surface area contributed by atoms with Gasteiger partial charge in [-0.2, -0.15) is 0 Å². The Morgan fingerprint density at radius 3 is 2.45 bits per heavy atom. The third-order valence-corrected chi connectivity index (χ3v) is 3.36. The van der Waals surface area contributed by atoms with Crippen LogP contribution in [0, 0.1) is 6.92 Å². The van der Waals surface area contributed by atoms with Gasteiger partial charge < -0.3 is 14.8 Å². The largest absolute Gasteiger partial charge is 0.493 e. The molecule has 112 valence electrons. The number of nitrogens with one attached hydrogen (secondary N) is 1. The molecular weight excluding hydrogens is 278 g/mol. The summed E-state index contributed by atoms with van der Waals surface area (Å²) in [5.41, 5.74) is 1.79. The van der Waals surface area contributed by atoms with Crippen LogP contribution in [-0.4, -0.2) is 24.2 Å². The standard InChI is InChI=1S/C17H17N3O2/c1-11-18-14-7-5-4-6-13(14)17(19-11)20-12-8-9-15(21-2)16(10-12)22-3/h4-10H,1-3H3,(H,18,19,20). The summed E-state index contributed by atoms with van der Waals surface area (Å²) in [6, 6.07) is 13.6. The van der Waals surface area contributed by atoms with Gasteiger partial charge in [0.05, 0.1) is 19.7 Å². The van der Waals surface area contributed by atoms with Gasteiger partial charge in [0.15, 0.2) is 11.5 Å². The molecule has 0 fully saturated rings. The van der Waals surface area contributed by atoms with Crippen molar-refractivity contribution in [3.8, 4) is 11.5 Å². The SMILES string of the molecule is COc1ccc(Nc2nc(C)nc3ccccc23)cc1OC. The third kappa shape index (κ3) is 2.65. The monoisotopic (exact) mass is 295 g/mol.